The van der Waals surface area contributed by atoms with Crippen LogP contribution in [0, 0.1) is 0 Å². The van der Waals surface area contributed by atoms with Crippen LogP contribution in [-0.4, -0.2) is 32.3 Å². The van der Waals surface area contributed by atoms with E-state index >= 15 is 0 Å². The first-order valence-corrected chi connectivity index (χ1v) is 6.16. The van der Waals surface area contributed by atoms with Gasteiger partial charge in [0.2, 0.25) is 0 Å². The van der Waals surface area contributed by atoms with Crippen molar-refractivity contribution in [2.75, 3.05) is 13.9 Å². The van der Waals surface area contributed by atoms with Crippen LogP contribution < -0.4 is 4.74 Å². The highest BCUT2D eigenvalue weighted by Crippen LogP contribution is 2.22. The van der Waals surface area contributed by atoms with Crippen molar-refractivity contribution >= 4 is 11.9 Å². The highest BCUT2D eigenvalue weighted by atomic mass is 16.7. The van der Waals surface area contributed by atoms with Gasteiger partial charge in [-0.2, -0.15) is 0 Å². The summed E-state index contributed by atoms with van der Waals surface area (Å²) in [6.07, 6.45) is 7.94. The Balaban J connectivity index is 1.70. The van der Waals surface area contributed by atoms with E-state index in [0.29, 0.717) is 6.79 Å². The summed E-state index contributed by atoms with van der Waals surface area (Å²) < 4.78 is 15.9. The standard InChI is InChI=1S/C15H15NO3/c1-17-13-5-3-12(4-6-13)16-9-11-2-7-14-15(8-11)19-10-18-14/h2-9,14-15H,10H2,1H3. The molecule has 0 saturated carbocycles. The zero-order chi connectivity index (χ0) is 13.1. The van der Waals surface area contributed by atoms with E-state index in [1.807, 2.05) is 48.7 Å². The van der Waals surface area contributed by atoms with Crippen LogP contribution in [0.1, 0.15) is 0 Å². The summed E-state index contributed by atoms with van der Waals surface area (Å²) in [7, 11) is 1.65. The lowest BCUT2D eigenvalue weighted by Gasteiger charge is -2.14. The molecule has 0 spiro atoms. The van der Waals surface area contributed by atoms with E-state index in [9.17, 15) is 0 Å². The number of hydrogen-bond donors (Lipinski definition) is 0. The van der Waals surface area contributed by atoms with Crippen molar-refractivity contribution in [3.8, 4) is 5.75 Å². The van der Waals surface area contributed by atoms with Crippen molar-refractivity contribution in [2.45, 2.75) is 12.2 Å². The maximum Gasteiger partial charge on any atom is 0.148 e. The van der Waals surface area contributed by atoms with E-state index in [-0.39, 0.29) is 12.2 Å². The van der Waals surface area contributed by atoms with Crippen LogP contribution in [-0.2, 0) is 9.47 Å². The predicted octanol–water partition coefficient (Wildman–Crippen LogP) is 2.64. The van der Waals surface area contributed by atoms with Gasteiger partial charge in [0.15, 0.2) is 0 Å². The Morgan fingerprint density at radius 3 is 2.79 bits per heavy atom. The molecule has 4 nitrogen and oxygen atoms in total. The molecule has 1 aliphatic heterocycles. The molecule has 19 heavy (non-hydrogen) atoms. The lowest BCUT2D eigenvalue weighted by molar-refractivity contribution is 0.0503. The summed E-state index contributed by atoms with van der Waals surface area (Å²) in [5.74, 6) is 0.829. The van der Waals surface area contributed by atoms with Gasteiger partial charge in [-0.25, -0.2) is 0 Å². The molecule has 0 bridgehead atoms. The lowest BCUT2D eigenvalue weighted by atomic mass is 10.0. The molecule has 2 unspecified atom stereocenters. The second-order valence-electron chi connectivity index (χ2n) is 4.36. The fourth-order valence-electron chi connectivity index (χ4n) is 2.05. The molecule has 98 valence electrons. The van der Waals surface area contributed by atoms with Crippen molar-refractivity contribution in [2.24, 2.45) is 4.99 Å². The average Bonchev–Trinajstić information content (AvgIpc) is 2.93. The van der Waals surface area contributed by atoms with Crippen molar-refractivity contribution in [3.05, 3.63) is 48.1 Å². The van der Waals surface area contributed by atoms with E-state index in [1.54, 1.807) is 7.11 Å². The average molecular weight is 257 g/mol. The molecule has 1 heterocycles. The second kappa shape index (κ2) is 5.38. The molecule has 3 rings (SSSR count). The van der Waals surface area contributed by atoms with Crippen molar-refractivity contribution in [1.29, 1.82) is 0 Å². The topological polar surface area (TPSA) is 40.0 Å². The molecule has 0 N–H and O–H groups in total. The van der Waals surface area contributed by atoms with Gasteiger partial charge in [-0.05, 0) is 35.9 Å². The third-order valence-corrected chi connectivity index (χ3v) is 3.11. The largest absolute Gasteiger partial charge is 0.497 e. The van der Waals surface area contributed by atoms with Gasteiger partial charge in [0, 0.05) is 6.21 Å². The van der Waals surface area contributed by atoms with Gasteiger partial charge in [0.05, 0.1) is 12.8 Å². The molecule has 1 aliphatic carbocycles. The molecule has 1 aromatic carbocycles. The van der Waals surface area contributed by atoms with E-state index in [1.165, 1.54) is 0 Å². The number of hydrogen-bond acceptors (Lipinski definition) is 4. The van der Waals surface area contributed by atoms with Crippen LogP contribution in [0.2, 0.25) is 0 Å². The van der Waals surface area contributed by atoms with Gasteiger partial charge in [-0.15, -0.1) is 0 Å². The number of fused-ring (bicyclic) bond motifs is 1. The number of rotatable bonds is 3. The number of aliphatic imine (C=N–C) groups is 1. The van der Waals surface area contributed by atoms with E-state index in [0.717, 1.165) is 17.0 Å². The third kappa shape index (κ3) is 2.75. The van der Waals surface area contributed by atoms with Gasteiger partial charge >= 0.3 is 0 Å². The highest BCUT2D eigenvalue weighted by Gasteiger charge is 2.27. The quantitative estimate of drug-likeness (QED) is 0.781. The Labute approximate surface area is 112 Å². The normalized spacial score (nSPS) is 25.4. The summed E-state index contributed by atoms with van der Waals surface area (Å²) in [5, 5.41) is 0. The van der Waals surface area contributed by atoms with E-state index < -0.39 is 0 Å². The molecule has 1 aromatic rings. The predicted molar refractivity (Wildman–Crippen MR) is 73.0 cm³/mol. The summed E-state index contributed by atoms with van der Waals surface area (Å²) in [6, 6.07) is 7.62. The summed E-state index contributed by atoms with van der Waals surface area (Å²) in [5.41, 5.74) is 1.92. The fourth-order valence-corrected chi connectivity index (χ4v) is 2.05. The summed E-state index contributed by atoms with van der Waals surface area (Å²) in [6.45, 7) is 0.360. The minimum absolute atomic E-state index is 0.0160. The smallest absolute Gasteiger partial charge is 0.148 e. The SMILES string of the molecule is COc1ccc(N=CC2=CC3OCOC3C=C2)cc1. The van der Waals surface area contributed by atoms with Crippen LogP contribution in [0.4, 0.5) is 5.69 Å². The molecule has 1 saturated heterocycles. The van der Waals surface area contributed by atoms with Crippen LogP contribution in [0.5, 0.6) is 5.75 Å². The number of nitrogens with zero attached hydrogens (tertiary/aromatic N) is 1. The van der Waals surface area contributed by atoms with E-state index in [4.69, 9.17) is 14.2 Å². The maximum absolute atomic E-state index is 5.44. The zero-order valence-corrected chi connectivity index (χ0v) is 10.7. The van der Waals surface area contributed by atoms with Crippen molar-refractivity contribution in [1.82, 2.24) is 0 Å². The van der Waals surface area contributed by atoms with Gasteiger partial charge in [-0.3, -0.25) is 4.99 Å². The molecule has 0 radical (unpaired) electrons. The molecule has 2 aliphatic rings. The van der Waals surface area contributed by atoms with Gasteiger partial charge in [-0.1, -0.05) is 12.2 Å². The minimum atomic E-state index is 0.0160. The van der Waals surface area contributed by atoms with Crippen molar-refractivity contribution in [3.63, 3.8) is 0 Å². The molecular formula is C15H15NO3. The first kappa shape index (κ1) is 12.1. The number of benzene rings is 1. The molecule has 4 heteroatoms. The zero-order valence-electron chi connectivity index (χ0n) is 10.7. The van der Waals surface area contributed by atoms with E-state index in [2.05, 4.69) is 4.99 Å². The Morgan fingerprint density at radius 1 is 1.21 bits per heavy atom. The second-order valence-corrected chi connectivity index (χ2v) is 4.36. The van der Waals surface area contributed by atoms with Crippen LogP contribution >= 0.6 is 0 Å². The minimum Gasteiger partial charge on any atom is -0.497 e. The molecular weight excluding hydrogens is 242 g/mol. The fraction of sp³-hybridized carbons (Fsp3) is 0.267. The van der Waals surface area contributed by atoms with Crippen molar-refractivity contribution < 1.29 is 14.2 Å². The summed E-state index contributed by atoms with van der Waals surface area (Å²) in [4.78, 5) is 4.42. The molecule has 0 amide bonds. The lowest BCUT2D eigenvalue weighted by Crippen LogP contribution is -2.21. The Hall–Kier alpha value is -1.91. The van der Waals surface area contributed by atoms with Gasteiger partial charge < -0.3 is 14.2 Å². The summed E-state index contributed by atoms with van der Waals surface area (Å²) >= 11 is 0. The monoisotopic (exact) mass is 257 g/mol. The third-order valence-electron chi connectivity index (χ3n) is 3.11. The first-order chi connectivity index (χ1) is 9.35. The molecule has 0 aromatic heterocycles. The Kier molecular flexibility index (Phi) is 3.44. The number of methoxy groups -OCH3 is 1. The maximum atomic E-state index is 5.44. The van der Waals surface area contributed by atoms with Gasteiger partial charge in [0.1, 0.15) is 24.8 Å². The Bertz CT molecular complexity index is 531. The molecule has 1 fully saturated rings. The number of ether oxygens (including phenoxy) is 3. The first-order valence-electron chi connectivity index (χ1n) is 6.16. The van der Waals surface area contributed by atoms with Gasteiger partial charge in [0.25, 0.3) is 0 Å². The number of allylic oxidation sites excluding steroid dienone is 2. The highest BCUT2D eigenvalue weighted by molar-refractivity contribution is 5.85. The Morgan fingerprint density at radius 2 is 2.00 bits per heavy atom. The van der Waals surface area contributed by atoms with Crippen LogP contribution in [0.15, 0.2) is 53.1 Å². The molecule has 2 atom stereocenters. The van der Waals surface area contributed by atoms with Crippen LogP contribution in [0.25, 0.3) is 0 Å². The van der Waals surface area contributed by atoms with Crippen LogP contribution in [0.3, 0.4) is 0 Å².